The van der Waals surface area contributed by atoms with Gasteiger partial charge in [0.25, 0.3) is 0 Å². The first-order chi connectivity index (χ1) is 8.99. The molecule has 110 valence electrons. The lowest BCUT2D eigenvalue weighted by atomic mass is 10.3. The highest BCUT2D eigenvalue weighted by molar-refractivity contribution is 5.78. The number of carbonyl (C=O) groups is 2. The van der Waals surface area contributed by atoms with E-state index in [1.807, 2.05) is 30.7 Å². The molecule has 0 aliphatic carbocycles. The van der Waals surface area contributed by atoms with Gasteiger partial charge in [0.15, 0.2) is 0 Å². The lowest BCUT2D eigenvalue weighted by molar-refractivity contribution is -0.132. The van der Waals surface area contributed by atoms with Crippen LogP contribution in [0.3, 0.4) is 0 Å². The average Bonchev–Trinajstić information content (AvgIpc) is 2.36. The van der Waals surface area contributed by atoms with Crippen molar-refractivity contribution in [1.82, 2.24) is 20.4 Å². The molecule has 6 nitrogen and oxygen atoms in total. The molecule has 0 atom stereocenters. The van der Waals surface area contributed by atoms with Crippen LogP contribution in [0.25, 0.3) is 0 Å². The maximum Gasteiger partial charge on any atom is 0.234 e. The first-order valence-electron chi connectivity index (χ1n) is 6.95. The first kappa shape index (κ1) is 15.9. The third kappa shape index (κ3) is 6.54. The second-order valence-electron chi connectivity index (χ2n) is 5.34. The van der Waals surface area contributed by atoms with E-state index in [9.17, 15) is 9.59 Å². The number of hydrogen-bond acceptors (Lipinski definition) is 4. The van der Waals surface area contributed by atoms with Crippen molar-refractivity contribution in [3.63, 3.8) is 0 Å². The van der Waals surface area contributed by atoms with Gasteiger partial charge in [-0.2, -0.15) is 0 Å². The molecule has 6 heteroatoms. The summed E-state index contributed by atoms with van der Waals surface area (Å²) in [5.74, 6) is 0.185. The Morgan fingerprint density at radius 2 is 1.95 bits per heavy atom. The highest BCUT2D eigenvalue weighted by atomic mass is 16.2. The first-order valence-corrected chi connectivity index (χ1v) is 6.95. The number of nitrogens with zero attached hydrogens (tertiary/aromatic N) is 2. The van der Waals surface area contributed by atoms with Crippen LogP contribution in [-0.4, -0.2) is 74.0 Å². The number of nitrogens with one attached hydrogen (secondary N) is 2. The van der Waals surface area contributed by atoms with Gasteiger partial charge >= 0.3 is 0 Å². The molecule has 1 heterocycles. The van der Waals surface area contributed by atoms with Crippen LogP contribution in [0.1, 0.15) is 20.3 Å². The Bertz CT molecular complexity index is 301. The third-order valence-electron chi connectivity index (χ3n) is 3.04. The fourth-order valence-electron chi connectivity index (χ4n) is 2.05. The van der Waals surface area contributed by atoms with Gasteiger partial charge in [-0.3, -0.25) is 14.5 Å². The summed E-state index contributed by atoms with van der Waals surface area (Å²) in [6.07, 6.45) is 0.478. The Labute approximate surface area is 115 Å². The molecular formula is C13H26N4O2. The van der Waals surface area contributed by atoms with Crippen LogP contribution >= 0.6 is 0 Å². The number of carbonyl (C=O) groups excluding carboxylic acids is 2. The van der Waals surface area contributed by atoms with E-state index in [4.69, 9.17) is 0 Å². The van der Waals surface area contributed by atoms with Crippen molar-refractivity contribution in [1.29, 1.82) is 0 Å². The molecule has 2 amide bonds. The van der Waals surface area contributed by atoms with Crippen molar-refractivity contribution in [3.8, 4) is 0 Å². The van der Waals surface area contributed by atoms with Crippen LogP contribution in [0, 0.1) is 0 Å². The zero-order valence-corrected chi connectivity index (χ0v) is 12.2. The second-order valence-corrected chi connectivity index (χ2v) is 5.34. The summed E-state index contributed by atoms with van der Waals surface area (Å²) in [6, 6.07) is 0.156. The molecule has 1 rings (SSSR count). The lowest BCUT2D eigenvalue weighted by Gasteiger charge is -2.28. The molecule has 1 saturated heterocycles. The number of likely N-dealkylation sites (N-methyl/N-ethyl adjacent to an activating group) is 1. The Hall–Kier alpha value is -1.14. The van der Waals surface area contributed by atoms with Crippen LogP contribution in [0.15, 0.2) is 0 Å². The monoisotopic (exact) mass is 270 g/mol. The molecule has 0 aromatic heterocycles. The van der Waals surface area contributed by atoms with Gasteiger partial charge in [0, 0.05) is 45.2 Å². The fraction of sp³-hybridized carbons (Fsp3) is 0.846. The molecule has 0 saturated carbocycles. The normalized spacial score (nSPS) is 15.9. The van der Waals surface area contributed by atoms with E-state index >= 15 is 0 Å². The molecule has 2 N–H and O–H groups in total. The molecule has 0 bridgehead atoms. The molecule has 0 spiro atoms. The van der Waals surface area contributed by atoms with Crippen LogP contribution in [0.2, 0.25) is 0 Å². The highest BCUT2D eigenvalue weighted by Gasteiger charge is 2.16. The van der Waals surface area contributed by atoms with Gasteiger partial charge in [0.05, 0.1) is 6.54 Å². The minimum atomic E-state index is 0.00659. The van der Waals surface area contributed by atoms with Crippen molar-refractivity contribution < 1.29 is 9.59 Å². The SMILES string of the molecule is CC(C)NC(=O)CN(C)CCC(=O)N1CCNCC1. The molecular weight excluding hydrogens is 244 g/mol. The summed E-state index contributed by atoms with van der Waals surface area (Å²) < 4.78 is 0. The molecule has 1 fully saturated rings. The van der Waals surface area contributed by atoms with Gasteiger partial charge in [-0.05, 0) is 20.9 Å². The van der Waals surface area contributed by atoms with Crippen molar-refractivity contribution in [2.24, 2.45) is 0 Å². The molecule has 0 unspecified atom stereocenters. The van der Waals surface area contributed by atoms with Crippen molar-refractivity contribution in [2.45, 2.75) is 26.3 Å². The number of rotatable bonds is 6. The number of hydrogen-bond donors (Lipinski definition) is 2. The lowest BCUT2D eigenvalue weighted by Crippen LogP contribution is -2.47. The van der Waals surface area contributed by atoms with Crippen molar-refractivity contribution >= 4 is 11.8 Å². The van der Waals surface area contributed by atoms with Crippen LogP contribution < -0.4 is 10.6 Å². The molecule has 0 aromatic rings. The van der Waals surface area contributed by atoms with E-state index in [-0.39, 0.29) is 17.9 Å². The summed E-state index contributed by atoms with van der Waals surface area (Å²) in [6.45, 7) is 8.16. The standard InChI is InChI=1S/C13H26N4O2/c1-11(2)15-12(18)10-16(3)7-4-13(19)17-8-5-14-6-9-17/h11,14H,4-10H2,1-3H3,(H,15,18). The number of piperazine rings is 1. The second kappa shape index (κ2) is 8.12. The van der Waals surface area contributed by atoms with Gasteiger partial charge in [-0.25, -0.2) is 0 Å². The highest BCUT2D eigenvalue weighted by Crippen LogP contribution is 1.98. The van der Waals surface area contributed by atoms with Gasteiger partial charge in [-0.1, -0.05) is 0 Å². The van der Waals surface area contributed by atoms with Crippen molar-refractivity contribution in [3.05, 3.63) is 0 Å². The Morgan fingerprint density at radius 3 is 2.53 bits per heavy atom. The summed E-state index contributed by atoms with van der Waals surface area (Å²) in [5, 5.41) is 6.06. The minimum Gasteiger partial charge on any atom is -0.353 e. The van der Waals surface area contributed by atoms with E-state index in [1.54, 1.807) is 0 Å². The summed E-state index contributed by atoms with van der Waals surface area (Å²) in [7, 11) is 1.87. The Balaban J connectivity index is 2.19. The van der Waals surface area contributed by atoms with Crippen LogP contribution in [-0.2, 0) is 9.59 Å². The minimum absolute atomic E-state index is 0.00659. The zero-order chi connectivity index (χ0) is 14.3. The number of amides is 2. The smallest absolute Gasteiger partial charge is 0.234 e. The van der Waals surface area contributed by atoms with E-state index in [1.165, 1.54) is 0 Å². The van der Waals surface area contributed by atoms with Crippen LogP contribution in [0.4, 0.5) is 0 Å². The molecule has 1 aliphatic rings. The van der Waals surface area contributed by atoms with E-state index in [0.29, 0.717) is 19.5 Å². The van der Waals surface area contributed by atoms with E-state index in [2.05, 4.69) is 10.6 Å². The molecule has 0 aromatic carbocycles. The maximum atomic E-state index is 11.9. The predicted molar refractivity (Wildman–Crippen MR) is 74.8 cm³/mol. The summed E-state index contributed by atoms with van der Waals surface area (Å²) >= 11 is 0. The molecule has 1 aliphatic heterocycles. The largest absolute Gasteiger partial charge is 0.353 e. The van der Waals surface area contributed by atoms with Crippen molar-refractivity contribution in [2.75, 3.05) is 46.3 Å². The summed E-state index contributed by atoms with van der Waals surface area (Å²) in [5.41, 5.74) is 0. The molecule has 0 radical (unpaired) electrons. The van der Waals surface area contributed by atoms with Gasteiger partial charge in [0.2, 0.25) is 11.8 Å². The Morgan fingerprint density at radius 1 is 1.32 bits per heavy atom. The quantitative estimate of drug-likeness (QED) is 0.667. The molecule has 19 heavy (non-hydrogen) atoms. The Kier molecular flexibility index (Phi) is 6.80. The van der Waals surface area contributed by atoms with Crippen LogP contribution in [0.5, 0.6) is 0 Å². The predicted octanol–water partition coefficient (Wildman–Crippen LogP) is -0.735. The fourth-order valence-corrected chi connectivity index (χ4v) is 2.05. The maximum absolute atomic E-state index is 11.9. The summed E-state index contributed by atoms with van der Waals surface area (Å²) in [4.78, 5) is 27.3. The topological polar surface area (TPSA) is 64.7 Å². The average molecular weight is 270 g/mol. The third-order valence-corrected chi connectivity index (χ3v) is 3.04. The van der Waals surface area contributed by atoms with E-state index < -0.39 is 0 Å². The zero-order valence-electron chi connectivity index (χ0n) is 12.2. The van der Waals surface area contributed by atoms with Gasteiger partial charge in [-0.15, -0.1) is 0 Å². The van der Waals surface area contributed by atoms with E-state index in [0.717, 1.165) is 26.2 Å². The van der Waals surface area contributed by atoms with Gasteiger partial charge in [0.1, 0.15) is 0 Å². The van der Waals surface area contributed by atoms with Gasteiger partial charge < -0.3 is 15.5 Å².